The molecule has 1 aliphatic heterocycles. The summed E-state index contributed by atoms with van der Waals surface area (Å²) in [4.78, 5) is 0. The Bertz CT molecular complexity index is 417. The molecular formula is C13H16F3N. The van der Waals surface area contributed by atoms with E-state index >= 15 is 0 Å². The highest BCUT2D eigenvalue weighted by molar-refractivity contribution is 5.40. The lowest BCUT2D eigenvalue weighted by Gasteiger charge is -2.34. The quantitative estimate of drug-likeness (QED) is 0.796. The maximum atomic E-state index is 13.4. The summed E-state index contributed by atoms with van der Waals surface area (Å²) in [5, 5.41) is 2.67. The first-order chi connectivity index (χ1) is 7.88. The monoisotopic (exact) mass is 243 g/mol. The van der Waals surface area contributed by atoms with Gasteiger partial charge in [-0.3, -0.25) is 5.32 Å². The van der Waals surface area contributed by atoms with Gasteiger partial charge in [-0.25, -0.2) is 0 Å². The molecule has 1 heterocycles. The first-order valence-corrected chi connectivity index (χ1v) is 5.77. The molecule has 0 amide bonds. The average molecular weight is 243 g/mol. The fourth-order valence-electron chi connectivity index (χ4n) is 2.58. The zero-order chi connectivity index (χ0) is 12.7. The third kappa shape index (κ3) is 1.84. The summed E-state index contributed by atoms with van der Waals surface area (Å²) in [7, 11) is 0. The Morgan fingerprint density at radius 1 is 1.24 bits per heavy atom. The number of halogens is 3. The maximum absolute atomic E-state index is 13.4. The Morgan fingerprint density at radius 3 is 2.47 bits per heavy atom. The molecule has 1 fully saturated rings. The molecule has 1 nitrogen and oxygen atoms in total. The van der Waals surface area contributed by atoms with Crippen LogP contribution in [0.1, 0.15) is 29.5 Å². The van der Waals surface area contributed by atoms with Gasteiger partial charge in [0.1, 0.15) is 5.54 Å². The van der Waals surface area contributed by atoms with Crippen LogP contribution in [0.25, 0.3) is 0 Å². The summed E-state index contributed by atoms with van der Waals surface area (Å²) >= 11 is 0. The number of benzene rings is 1. The summed E-state index contributed by atoms with van der Waals surface area (Å²) < 4.78 is 40.1. The Hall–Kier alpha value is -1.03. The molecular weight excluding hydrogens is 227 g/mol. The van der Waals surface area contributed by atoms with Crippen molar-refractivity contribution in [1.82, 2.24) is 5.32 Å². The Kier molecular flexibility index (Phi) is 2.94. The minimum absolute atomic E-state index is 0.126. The number of aryl methyl sites for hydroxylation is 1. The fourth-order valence-corrected chi connectivity index (χ4v) is 2.58. The molecule has 1 aromatic carbocycles. The van der Waals surface area contributed by atoms with Crippen LogP contribution in [0.15, 0.2) is 18.2 Å². The summed E-state index contributed by atoms with van der Waals surface area (Å²) in [5.74, 6) is 0. The number of nitrogens with one attached hydrogen (secondary N) is 1. The summed E-state index contributed by atoms with van der Waals surface area (Å²) in [6.07, 6.45) is -3.56. The van der Waals surface area contributed by atoms with E-state index in [2.05, 4.69) is 5.32 Å². The van der Waals surface area contributed by atoms with Crippen LogP contribution in [0.4, 0.5) is 13.2 Å². The predicted octanol–water partition coefficient (Wildman–Crippen LogP) is 3.44. The van der Waals surface area contributed by atoms with E-state index in [4.69, 9.17) is 0 Å². The maximum Gasteiger partial charge on any atom is 0.410 e. The van der Waals surface area contributed by atoms with Gasteiger partial charge >= 0.3 is 6.18 Å². The van der Waals surface area contributed by atoms with Crippen LogP contribution in [0, 0.1) is 13.8 Å². The predicted molar refractivity (Wildman–Crippen MR) is 60.9 cm³/mol. The fraction of sp³-hybridized carbons (Fsp3) is 0.538. The molecule has 94 valence electrons. The van der Waals surface area contributed by atoms with Gasteiger partial charge in [-0.05, 0) is 49.9 Å². The highest BCUT2D eigenvalue weighted by Crippen LogP contribution is 2.46. The Labute approximate surface area is 99.0 Å². The molecule has 0 aromatic heterocycles. The molecule has 1 saturated heterocycles. The van der Waals surface area contributed by atoms with Gasteiger partial charge in [0.25, 0.3) is 0 Å². The molecule has 17 heavy (non-hydrogen) atoms. The lowest BCUT2D eigenvalue weighted by molar-refractivity contribution is -0.196. The molecule has 0 spiro atoms. The highest BCUT2D eigenvalue weighted by Gasteiger charge is 2.57. The molecule has 4 heteroatoms. The minimum atomic E-state index is -4.25. The average Bonchev–Trinajstić information content (AvgIpc) is 2.71. The van der Waals surface area contributed by atoms with Crippen molar-refractivity contribution >= 4 is 0 Å². The normalized spacial score (nSPS) is 25.2. The highest BCUT2D eigenvalue weighted by atomic mass is 19.4. The molecule has 1 atom stereocenters. The molecule has 0 aliphatic carbocycles. The first-order valence-electron chi connectivity index (χ1n) is 5.77. The Morgan fingerprint density at radius 2 is 1.94 bits per heavy atom. The van der Waals surface area contributed by atoms with Gasteiger partial charge in [-0.1, -0.05) is 18.2 Å². The number of hydrogen-bond acceptors (Lipinski definition) is 1. The van der Waals surface area contributed by atoms with E-state index in [0.29, 0.717) is 18.5 Å². The number of alkyl halides is 3. The zero-order valence-electron chi connectivity index (χ0n) is 9.99. The van der Waals surface area contributed by atoms with Gasteiger partial charge in [0.05, 0.1) is 0 Å². The Balaban J connectivity index is 2.58. The first kappa shape index (κ1) is 12.4. The second-order valence-corrected chi connectivity index (χ2v) is 4.68. The van der Waals surface area contributed by atoms with Gasteiger partial charge in [0, 0.05) is 0 Å². The summed E-state index contributed by atoms with van der Waals surface area (Å²) in [6, 6.07) is 5.14. The van der Waals surface area contributed by atoms with E-state index in [1.165, 1.54) is 0 Å². The van der Waals surface area contributed by atoms with E-state index in [0.717, 1.165) is 11.1 Å². The van der Waals surface area contributed by atoms with Crippen molar-refractivity contribution < 1.29 is 13.2 Å². The lowest BCUT2D eigenvalue weighted by atomic mass is 9.83. The number of rotatable bonds is 1. The standard InChI is InChI=1S/C13H16F3N/c1-9-5-3-6-11(10(9)2)12(13(14,15)16)7-4-8-17-12/h3,5-6,17H,4,7-8H2,1-2H3. The van der Waals surface area contributed by atoms with E-state index in [1.807, 2.05) is 13.0 Å². The molecule has 1 aromatic rings. The van der Waals surface area contributed by atoms with Gasteiger partial charge in [0.2, 0.25) is 0 Å². The molecule has 1 N–H and O–H groups in total. The van der Waals surface area contributed by atoms with Crippen LogP contribution in [0.3, 0.4) is 0 Å². The van der Waals surface area contributed by atoms with Crippen LogP contribution in [-0.2, 0) is 5.54 Å². The van der Waals surface area contributed by atoms with Crippen molar-refractivity contribution in [1.29, 1.82) is 0 Å². The largest absolute Gasteiger partial charge is 0.410 e. The smallest absolute Gasteiger partial charge is 0.300 e. The van der Waals surface area contributed by atoms with Gasteiger partial charge in [-0.2, -0.15) is 13.2 Å². The van der Waals surface area contributed by atoms with Gasteiger partial charge < -0.3 is 0 Å². The van der Waals surface area contributed by atoms with Crippen molar-refractivity contribution in [2.75, 3.05) is 6.54 Å². The molecule has 2 rings (SSSR count). The molecule has 0 radical (unpaired) electrons. The van der Waals surface area contributed by atoms with Crippen LogP contribution in [0.2, 0.25) is 0 Å². The van der Waals surface area contributed by atoms with Crippen LogP contribution >= 0.6 is 0 Å². The van der Waals surface area contributed by atoms with E-state index in [1.54, 1.807) is 19.1 Å². The van der Waals surface area contributed by atoms with Crippen molar-refractivity contribution in [3.05, 3.63) is 34.9 Å². The molecule has 0 saturated carbocycles. The van der Waals surface area contributed by atoms with E-state index in [9.17, 15) is 13.2 Å². The second kappa shape index (κ2) is 4.02. The van der Waals surface area contributed by atoms with Crippen LogP contribution in [0.5, 0.6) is 0 Å². The molecule has 1 unspecified atom stereocenters. The zero-order valence-corrected chi connectivity index (χ0v) is 9.99. The van der Waals surface area contributed by atoms with E-state index < -0.39 is 11.7 Å². The lowest BCUT2D eigenvalue weighted by Crippen LogP contribution is -2.50. The SMILES string of the molecule is Cc1cccc(C2(C(F)(F)F)CCCN2)c1C. The second-order valence-electron chi connectivity index (χ2n) is 4.68. The van der Waals surface area contributed by atoms with Gasteiger partial charge in [-0.15, -0.1) is 0 Å². The minimum Gasteiger partial charge on any atom is -0.300 e. The number of hydrogen-bond donors (Lipinski definition) is 1. The van der Waals surface area contributed by atoms with Crippen molar-refractivity contribution in [2.45, 2.75) is 38.4 Å². The van der Waals surface area contributed by atoms with Crippen LogP contribution in [-0.4, -0.2) is 12.7 Å². The van der Waals surface area contributed by atoms with Gasteiger partial charge in [0.15, 0.2) is 0 Å². The van der Waals surface area contributed by atoms with Crippen molar-refractivity contribution in [3.63, 3.8) is 0 Å². The van der Waals surface area contributed by atoms with E-state index in [-0.39, 0.29) is 6.42 Å². The van der Waals surface area contributed by atoms with Crippen molar-refractivity contribution in [2.24, 2.45) is 0 Å². The topological polar surface area (TPSA) is 12.0 Å². The summed E-state index contributed by atoms with van der Waals surface area (Å²) in [5.41, 5.74) is 0.171. The third-order valence-corrected chi connectivity index (χ3v) is 3.70. The molecule has 1 aliphatic rings. The summed E-state index contributed by atoms with van der Waals surface area (Å²) in [6.45, 7) is 4.03. The third-order valence-electron chi connectivity index (χ3n) is 3.70. The van der Waals surface area contributed by atoms with Crippen LogP contribution < -0.4 is 5.32 Å². The van der Waals surface area contributed by atoms with Crippen molar-refractivity contribution in [3.8, 4) is 0 Å². The molecule has 0 bridgehead atoms.